The van der Waals surface area contributed by atoms with Crippen LogP contribution in [0.5, 0.6) is 5.75 Å². The van der Waals surface area contributed by atoms with Crippen LogP contribution >= 0.6 is 0 Å². The predicted octanol–water partition coefficient (Wildman–Crippen LogP) is 2.14. The molecule has 0 aliphatic heterocycles. The summed E-state index contributed by atoms with van der Waals surface area (Å²) in [5.41, 5.74) is 8.02. The number of nitrogen functional groups attached to an aromatic ring is 1. The zero-order valence-electron chi connectivity index (χ0n) is 12.2. The smallest absolute Gasteiger partial charge is 0.306 e. The minimum absolute atomic E-state index is 0.181. The van der Waals surface area contributed by atoms with E-state index in [4.69, 9.17) is 9.92 Å². The van der Waals surface area contributed by atoms with Gasteiger partial charge in [-0.05, 0) is 29.8 Å². The zero-order valence-corrected chi connectivity index (χ0v) is 13.0. The highest BCUT2D eigenvalue weighted by atomic mass is 32.2. The van der Waals surface area contributed by atoms with E-state index in [1.165, 1.54) is 18.2 Å². The maximum atomic E-state index is 13.0. The van der Waals surface area contributed by atoms with Gasteiger partial charge in [-0.3, -0.25) is 0 Å². The van der Waals surface area contributed by atoms with Gasteiger partial charge in [-0.25, -0.2) is 9.37 Å². The van der Waals surface area contributed by atoms with Gasteiger partial charge in [-0.15, -0.1) is 0 Å². The van der Waals surface area contributed by atoms with Crippen LogP contribution < -0.4 is 9.92 Å². The van der Waals surface area contributed by atoms with Gasteiger partial charge in [0.05, 0.1) is 23.8 Å². The number of imidazole rings is 1. The Morgan fingerprint density at radius 1 is 1.22 bits per heavy atom. The number of benzene rings is 2. The number of anilines is 1. The Bertz CT molecular complexity index is 966. The third-order valence-corrected chi connectivity index (χ3v) is 3.75. The molecule has 0 spiro atoms. The number of hydrogen-bond donors (Lipinski definition) is 1. The summed E-state index contributed by atoms with van der Waals surface area (Å²) in [4.78, 5) is 4.23. The standard InChI is InChI=1S/C15H14FN3O3S/c1-23(20,21)22-12-6-7-13-14(8-12)19(15(17)18-13)9-10-2-4-11(16)5-3-10/h2-8H,9H2,1H3,(H2,17,18). The number of rotatable bonds is 4. The van der Waals surface area contributed by atoms with Gasteiger partial charge in [0.15, 0.2) is 0 Å². The van der Waals surface area contributed by atoms with Gasteiger partial charge >= 0.3 is 10.1 Å². The van der Waals surface area contributed by atoms with Crippen LogP contribution in [0.1, 0.15) is 5.56 Å². The maximum absolute atomic E-state index is 13.0. The first-order valence-electron chi connectivity index (χ1n) is 6.71. The monoisotopic (exact) mass is 335 g/mol. The van der Waals surface area contributed by atoms with E-state index in [0.29, 0.717) is 17.6 Å². The molecular weight excluding hydrogens is 321 g/mol. The van der Waals surface area contributed by atoms with Crippen LogP contribution in [-0.4, -0.2) is 24.2 Å². The van der Waals surface area contributed by atoms with E-state index in [1.54, 1.807) is 28.8 Å². The van der Waals surface area contributed by atoms with Crippen molar-refractivity contribution in [2.24, 2.45) is 0 Å². The van der Waals surface area contributed by atoms with Crippen molar-refractivity contribution in [3.8, 4) is 5.75 Å². The second-order valence-electron chi connectivity index (χ2n) is 5.12. The third kappa shape index (κ3) is 3.42. The Balaban J connectivity index is 2.03. The second kappa shape index (κ2) is 5.54. The largest absolute Gasteiger partial charge is 0.383 e. The molecule has 0 saturated carbocycles. The van der Waals surface area contributed by atoms with Crippen molar-refractivity contribution < 1.29 is 17.0 Å². The Morgan fingerprint density at radius 3 is 2.57 bits per heavy atom. The summed E-state index contributed by atoms with van der Waals surface area (Å²) in [6.07, 6.45) is 0.974. The third-order valence-electron chi connectivity index (χ3n) is 3.25. The average molecular weight is 335 g/mol. The summed E-state index contributed by atoms with van der Waals surface area (Å²) in [5.74, 6) is 0.141. The number of hydrogen-bond acceptors (Lipinski definition) is 5. The van der Waals surface area contributed by atoms with Crippen LogP contribution in [0.2, 0.25) is 0 Å². The molecule has 2 N–H and O–H groups in total. The van der Waals surface area contributed by atoms with Crippen LogP contribution in [0.4, 0.5) is 10.3 Å². The lowest BCUT2D eigenvalue weighted by molar-refractivity contribution is 0.493. The first-order valence-corrected chi connectivity index (χ1v) is 8.53. The summed E-state index contributed by atoms with van der Waals surface area (Å²) in [6, 6.07) is 10.7. The molecule has 23 heavy (non-hydrogen) atoms. The molecule has 0 atom stereocenters. The minimum atomic E-state index is -3.62. The number of fused-ring (bicyclic) bond motifs is 1. The van der Waals surface area contributed by atoms with Crippen molar-refractivity contribution in [3.63, 3.8) is 0 Å². The van der Waals surface area contributed by atoms with Crippen molar-refractivity contribution in [2.75, 3.05) is 12.0 Å². The summed E-state index contributed by atoms with van der Waals surface area (Å²) in [6.45, 7) is 0.380. The maximum Gasteiger partial charge on any atom is 0.306 e. The van der Waals surface area contributed by atoms with Crippen LogP contribution in [-0.2, 0) is 16.7 Å². The highest BCUT2D eigenvalue weighted by Crippen LogP contribution is 2.25. The van der Waals surface area contributed by atoms with Crippen molar-refractivity contribution in [2.45, 2.75) is 6.54 Å². The van der Waals surface area contributed by atoms with Crippen LogP contribution in [0, 0.1) is 5.82 Å². The van der Waals surface area contributed by atoms with Gasteiger partial charge in [0.2, 0.25) is 5.95 Å². The van der Waals surface area contributed by atoms with Gasteiger partial charge in [-0.1, -0.05) is 12.1 Å². The number of halogens is 1. The first kappa shape index (κ1) is 15.3. The normalized spacial score (nSPS) is 11.7. The molecule has 0 amide bonds. The summed E-state index contributed by atoms with van der Waals surface area (Å²) in [7, 11) is -3.62. The van der Waals surface area contributed by atoms with E-state index < -0.39 is 10.1 Å². The van der Waals surface area contributed by atoms with Gasteiger partial charge in [-0.2, -0.15) is 8.42 Å². The Morgan fingerprint density at radius 2 is 1.91 bits per heavy atom. The zero-order chi connectivity index (χ0) is 16.6. The minimum Gasteiger partial charge on any atom is -0.383 e. The van der Waals surface area contributed by atoms with E-state index in [0.717, 1.165) is 11.8 Å². The highest BCUT2D eigenvalue weighted by Gasteiger charge is 2.12. The lowest BCUT2D eigenvalue weighted by Gasteiger charge is -2.08. The van der Waals surface area contributed by atoms with Gasteiger partial charge in [0, 0.05) is 6.07 Å². The molecule has 0 radical (unpaired) electrons. The van der Waals surface area contributed by atoms with Gasteiger partial charge in [0.1, 0.15) is 11.6 Å². The molecule has 3 rings (SSSR count). The molecular formula is C15H14FN3O3S. The molecule has 6 nitrogen and oxygen atoms in total. The summed E-state index contributed by atoms with van der Waals surface area (Å²) >= 11 is 0. The van der Waals surface area contributed by atoms with Gasteiger partial charge in [0.25, 0.3) is 0 Å². The first-order chi connectivity index (χ1) is 10.8. The van der Waals surface area contributed by atoms with Crippen molar-refractivity contribution >= 4 is 27.1 Å². The fraction of sp³-hybridized carbons (Fsp3) is 0.133. The fourth-order valence-electron chi connectivity index (χ4n) is 2.29. The Hall–Kier alpha value is -2.61. The molecule has 0 unspecified atom stereocenters. The van der Waals surface area contributed by atoms with E-state index in [-0.39, 0.29) is 17.5 Å². The molecule has 0 fully saturated rings. The average Bonchev–Trinajstić information content (AvgIpc) is 2.76. The topological polar surface area (TPSA) is 87.2 Å². The van der Waals surface area contributed by atoms with E-state index >= 15 is 0 Å². The molecule has 0 saturated heterocycles. The lowest BCUT2D eigenvalue weighted by atomic mass is 10.2. The van der Waals surface area contributed by atoms with Crippen LogP contribution in [0.15, 0.2) is 42.5 Å². The molecule has 0 bridgehead atoms. The molecule has 120 valence electrons. The van der Waals surface area contributed by atoms with E-state index in [1.807, 2.05) is 0 Å². The quantitative estimate of drug-likeness (QED) is 0.738. The second-order valence-corrected chi connectivity index (χ2v) is 6.70. The molecule has 1 heterocycles. The molecule has 3 aromatic rings. The van der Waals surface area contributed by atoms with Crippen molar-refractivity contribution in [3.05, 3.63) is 53.8 Å². The molecule has 2 aromatic carbocycles. The van der Waals surface area contributed by atoms with Crippen LogP contribution in [0.3, 0.4) is 0 Å². The van der Waals surface area contributed by atoms with E-state index in [9.17, 15) is 12.8 Å². The SMILES string of the molecule is CS(=O)(=O)Oc1ccc2nc(N)n(Cc3ccc(F)cc3)c2c1. The van der Waals surface area contributed by atoms with E-state index in [2.05, 4.69) is 4.98 Å². The molecule has 0 aliphatic carbocycles. The fourth-order valence-corrected chi connectivity index (χ4v) is 2.74. The van der Waals surface area contributed by atoms with Crippen LogP contribution in [0.25, 0.3) is 11.0 Å². The summed E-state index contributed by atoms with van der Waals surface area (Å²) < 4.78 is 42.1. The Labute approximate surface area is 132 Å². The van der Waals surface area contributed by atoms with Crippen molar-refractivity contribution in [1.82, 2.24) is 9.55 Å². The Kier molecular flexibility index (Phi) is 3.69. The summed E-state index contributed by atoms with van der Waals surface area (Å²) in [5, 5.41) is 0. The molecule has 1 aromatic heterocycles. The predicted molar refractivity (Wildman–Crippen MR) is 85.1 cm³/mol. The highest BCUT2D eigenvalue weighted by molar-refractivity contribution is 7.86. The molecule has 8 heteroatoms. The number of nitrogens with zero attached hydrogens (tertiary/aromatic N) is 2. The van der Waals surface area contributed by atoms with Crippen molar-refractivity contribution in [1.29, 1.82) is 0 Å². The van der Waals surface area contributed by atoms with Gasteiger partial charge < -0.3 is 14.5 Å². The molecule has 0 aliphatic rings. The number of nitrogens with two attached hydrogens (primary N) is 1. The lowest BCUT2D eigenvalue weighted by Crippen LogP contribution is -2.06. The number of aromatic nitrogens is 2.